The van der Waals surface area contributed by atoms with Crippen molar-refractivity contribution in [2.45, 2.75) is 38.3 Å². The molecule has 1 N–H and O–H groups in total. The maximum absolute atomic E-state index is 5.65. The Bertz CT molecular complexity index is 124. The van der Waals surface area contributed by atoms with Gasteiger partial charge in [0, 0.05) is 19.3 Å². The summed E-state index contributed by atoms with van der Waals surface area (Å²) in [5.74, 6) is 0. The Morgan fingerprint density at radius 1 is 1.62 bits per heavy atom. The molecule has 1 aliphatic heterocycles. The molecule has 0 aromatic rings. The molecule has 13 heavy (non-hydrogen) atoms. The van der Waals surface area contributed by atoms with Crippen LogP contribution in [-0.2, 0) is 9.47 Å². The van der Waals surface area contributed by atoms with Gasteiger partial charge in [-0.1, -0.05) is 0 Å². The van der Waals surface area contributed by atoms with Crippen molar-refractivity contribution in [1.82, 2.24) is 5.32 Å². The first-order chi connectivity index (χ1) is 6.33. The molecule has 3 nitrogen and oxygen atoms in total. The van der Waals surface area contributed by atoms with E-state index in [4.69, 9.17) is 9.47 Å². The molecule has 0 spiro atoms. The van der Waals surface area contributed by atoms with Crippen LogP contribution >= 0.6 is 0 Å². The van der Waals surface area contributed by atoms with Crippen molar-refractivity contribution in [2.75, 3.05) is 26.9 Å². The van der Waals surface area contributed by atoms with E-state index in [-0.39, 0.29) is 0 Å². The number of nitrogens with one attached hydrogen (secondary N) is 1. The van der Waals surface area contributed by atoms with Crippen LogP contribution in [0.25, 0.3) is 0 Å². The zero-order chi connectivity index (χ0) is 9.52. The van der Waals surface area contributed by atoms with Crippen LogP contribution in [-0.4, -0.2) is 39.0 Å². The maximum atomic E-state index is 5.65. The van der Waals surface area contributed by atoms with E-state index >= 15 is 0 Å². The Balaban J connectivity index is 1.88. The van der Waals surface area contributed by atoms with Crippen LogP contribution in [0, 0.1) is 0 Å². The van der Waals surface area contributed by atoms with Gasteiger partial charge in [-0.3, -0.25) is 0 Å². The lowest BCUT2D eigenvalue weighted by atomic mass is 10.2. The van der Waals surface area contributed by atoms with E-state index in [9.17, 15) is 0 Å². The minimum Gasteiger partial charge on any atom is -0.379 e. The summed E-state index contributed by atoms with van der Waals surface area (Å²) in [5.41, 5.74) is 0. The number of hydrogen-bond acceptors (Lipinski definition) is 3. The predicted octanol–water partition coefficient (Wildman–Crippen LogP) is 1.18. The molecule has 2 atom stereocenters. The van der Waals surface area contributed by atoms with E-state index in [1.165, 1.54) is 6.42 Å². The Labute approximate surface area is 80.8 Å². The van der Waals surface area contributed by atoms with E-state index < -0.39 is 0 Å². The van der Waals surface area contributed by atoms with E-state index in [2.05, 4.69) is 12.2 Å². The minimum absolute atomic E-state index is 0.366. The molecule has 1 heterocycles. The molecule has 0 saturated carbocycles. The molecule has 0 aromatic heterocycles. The summed E-state index contributed by atoms with van der Waals surface area (Å²) in [6.07, 6.45) is 3.76. The van der Waals surface area contributed by atoms with Gasteiger partial charge in [0.15, 0.2) is 0 Å². The van der Waals surface area contributed by atoms with Gasteiger partial charge in [0.2, 0.25) is 0 Å². The third-order valence-corrected chi connectivity index (χ3v) is 2.52. The van der Waals surface area contributed by atoms with E-state index in [0.29, 0.717) is 12.1 Å². The molecule has 0 radical (unpaired) electrons. The highest BCUT2D eigenvalue weighted by Gasteiger charge is 2.15. The van der Waals surface area contributed by atoms with Crippen LogP contribution in [0.15, 0.2) is 0 Å². The summed E-state index contributed by atoms with van der Waals surface area (Å²) < 4.78 is 10.9. The third kappa shape index (κ3) is 4.60. The first kappa shape index (κ1) is 11.0. The molecular formula is C10H21NO2. The molecule has 0 aliphatic carbocycles. The van der Waals surface area contributed by atoms with Crippen LogP contribution in [0.3, 0.4) is 0 Å². The molecule has 2 unspecified atom stereocenters. The van der Waals surface area contributed by atoms with Gasteiger partial charge in [0.05, 0.1) is 12.7 Å². The van der Waals surface area contributed by atoms with Crippen LogP contribution in [0.1, 0.15) is 26.2 Å². The molecule has 1 rings (SSSR count). The van der Waals surface area contributed by atoms with Gasteiger partial charge in [0.1, 0.15) is 0 Å². The van der Waals surface area contributed by atoms with Gasteiger partial charge in [-0.05, 0) is 33.2 Å². The monoisotopic (exact) mass is 187 g/mol. The van der Waals surface area contributed by atoms with Crippen molar-refractivity contribution < 1.29 is 9.47 Å². The molecule has 0 amide bonds. The quantitative estimate of drug-likeness (QED) is 0.633. The lowest BCUT2D eigenvalue weighted by Crippen LogP contribution is -2.22. The van der Waals surface area contributed by atoms with Crippen molar-refractivity contribution in [3.8, 4) is 0 Å². The van der Waals surface area contributed by atoms with Gasteiger partial charge in [0.25, 0.3) is 0 Å². The molecule has 1 saturated heterocycles. The molecule has 78 valence electrons. The Hall–Kier alpha value is -0.120. The normalized spacial score (nSPS) is 24.9. The largest absolute Gasteiger partial charge is 0.379 e. The average molecular weight is 187 g/mol. The Morgan fingerprint density at radius 2 is 2.46 bits per heavy atom. The maximum Gasteiger partial charge on any atom is 0.0830 e. The van der Waals surface area contributed by atoms with E-state index in [0.717, 1.165) is 32.7 Å². The summed E-state index contributed by atoms with van der Waals surface area (Å²) in [6, 6.07) is 0.600. The summed E-state index contributed by atoms with van der Waals surface area (Å²) in [6.45, 7) is 4.73. The molecule has 1 fully saturated rings. The molecule has 0 bridgehead atoms. The zero-order valence-electron chi connectivity index (χ0n) is 8.71. The van der Waals surface area contributed by atoms with E-state index in [1.54, 1.807) is 0 Å². The van der Waals surface area contributed by atoms with Gasteiger partial charge < -0.3 is 14.8 Å². The third-order valence-electron chi connectivity index (χ3n) is 2.52. The van der Waals surface area contributed by atoms with Crippen LogP contribution in [0.4, 0.5) is 0 Å². The fourth-order valence-electron chi connectivity index (χ4n) is 1.43. The molecule has 1 aliphatic rings. The molecular weight excluding hydrogens is 166 g/mol. The fourth-order valence-corrected chi connectivity index (χ4v) is 1.43. The Kier molecular flexibility index (Phi) is 5.35. The highest BCUT2D eigenvalue weighted by molar-refractivity contribution is 4.63. The number of hydrogen-bond donors (Lipinski definition) is 1. The molecule has 3 heteroatoms. The second-order valence-electron chi connectivity index (χ2n) is 3.69. The van der Waals surface area contributed by atoms with Gasteiger partial charge in [-0.15, -0.1) is 0 Å². The fraction of sp³-hybridized carbons (Fsp3) is 1.00. The van der Waals surface area contributed by atoms with Gasteiger partial charge in [-0.25, -0.2) is 0 Å². The predicted molar refractivity (Wildman–Crippen MR) is 52.9 cm³/mol. The van der Waals surface area contributed by atoms with Crippen LogP contribution < -0.4 is 5.32 Å². The standard InChI is InChI=1S/C10H21NO2/c1-9(11-2)4-3-6-13-10-5-7-12-8-10/h9-11H,3-8H2,1-2H3. The number of ether oxygens (including phenoxy) is 2. The van der Waals surface area contributed by atoms with Gasteiger partial charge in [-0.2, -0.15) is 0 Å². The van der Waals surface area contributed by atoms with E-state index in [1.807, 2.05) is 7.05 Å². The lowest BCUT2D eigenvalue weighted by molar-refractivity contribution is 0.0400. The molecule has 0 aromatic carbocycles. The zero-order valence-corrected chi connectivity index (χ0v) is 8.71. The lowest BCUT2D eigenvalue weighted by Gasteiger charge is -2.12. The van der Waals surface area contributed by atoms with Crippen molar-refractivity contribution in [1.29, 1.82) is 0 Å². The highest BCUT2D eigenvalue weighted by Crippen LogP contribution is 2.08. The summed E-state index contributed by atoms with van der Waals surface area (Å²) in [7, 11) is 2.00. The second-order valence-corrected chi connectivity index (χ2v) is 3.69. The topological polar surface area (TPSA) is 30.5 Å². The average Bonchev–Trinajstić information content (AvgIpc) is 2.64. The second kappa shape index (κ2) is 6.35. The van der Waals surface area contributed by atoms with Crippen LogP contribution in [0.5, 0.6) is 0 Å². The smallest absolute Gasteiger partial charge is 0.0830 e. The first-order valence-corrected chi connectivity index (χ1v) is 5.19. The van der Waals surface area contributed by atoms with Crippen molar-refractivity contribution in [3.05, 3.63) is 0 Å². The summed E-state index contributed by atoms with van der Waals surface area (Å²) >= 11 is 0. The summed E-state index contributed by atoms with van der Waals surface area (Å²) in [5, 5.41) is 3.21. The Morgan fingerprint density at radius 3 is 3.08 bits per heavy atom. The highest BCUT2D eigenvalue weighted by atomic mass is 16.5. The summed E-state index contributed by atoms with van der Waals surface area (Å²) in [4.78, 5) is 0. The number of rotatable bonds is 6. The van der Waals surface area contributed by atoms with Crippen LogP contribution in [0.2, 0.25) is 0 Å². The SMILES string of the molecule is CNC(C)CCCOC1CCOC1. The van der Waals surface area contributed by atoms with Gasteiger partial charge >= 0.3 is 0 Å². The van der Waals surface area contributed by atoms with Crippen molar-refractivity contribution in [2.24, 2.45) is 0 Å². The van der Waals surface area contributed by atoms with Crippen molar-refractivity contribution >= 4 is 0 Å². The van der Waals surface area contributed by atoms with Crippen molar-refractivity contribution in [3.63, 3.8) is 0 Å². The first-order valence-electron chi connectivity index (χ1n) is 5.19. The minimum atomic E-state index is 0.366.